The number of aliphatic hydroxyl groups excluding tert-OH is 1. The summed E-state index contributed by atoms with van der Waals surface area (Å²) in [6.45, 7) is 0.452. The standard InChI is InChI=1S/C15H16Cl2N3O2/c16-10-3-4-11(12(17)8-10)13-9-20(6-1-2-14(18)22)15(19-13)5-7-21/h3-5,8-9,21H,1-2,6-7H2,(H2,18,22). The van der Waals surface area contributed by atoms with Crippen molar-refractivity contribution in [3.05, 3.63) is 46.7 Å². The molecule has 117 valence electrons. The zero-order chi connectivity index (χ0) is 16.1. The van der Waals surface area contributed by atoms with Crippen LogP contribution in [0.3, 0.4) is 0 Å². The lowest BCUT2D eigenvalue weighted by molar-refractivity contribution is -0.118. The van der Waals surface area contributed by atoms with E-state index in [2.05, 4.69) is 4.98 Å². The molecular formula is C15H16Cl2N3O2. The quantitative estimate of drug-likeness (QED) is 0.812. The number of aromatic nitrogens is 2. The number of nitrogens with zero attached hydrogens (tertiary/aromatic N) is 2. The molecule has 0 bridgehead atoms. The summed E-state index contributed by atoms with van der Waals surface area (Å²) in [7, 11) is 0. The molecule has 0 aliphatic heterocycles. The molecule has 0 aliphatic rings. The third-order valence-corrected chi connectivity index (χ3v) is 3.66. The lowest BCUT2D eigenvalue weighted by atomic mass is 10.2. The van der Waals surface area contributed by atoms with Gasteiger partial charge in [-0.15, -0.1) is 0 Å². The lowest BCUT2D eigenvalue weighted by Gasteiger charge is -2.05. The van der Waals surface area contributed by atoms with E-state index in [1.165, 1.54) is 0 Å². The van der Waals surface area contributed by atoms with Gasteiger partial charge in [0.25, 0.3) is 0 Å². The van der Waals surface area contributed by atoms with E-state index in [4.69, 9.17) is 34.0 Å². The van der Waals surface area contributed by atoms with Crippen molar-refractivity contribution in [3.8, 4) is 11.3 Å². The van der Waals surface area contributed by atoms with Gasteiger partial charge in [0.15, 0.2) is 0 Å². The number of rotatable bonds is 7. The second kappa shape index (κ2) is 7.63. The molecule has 0 saturated carbocycles. The van der Waals surface area contributed by atoms with Crippen molar-refractivity contribution in [2.75, 3.05) is 6.61 Å². The average molecular weight is 341 g/mol. The number of nitrogens with two attached hydrogens (primary N) is 1. The minimum absolute atomic E-state index is 0.124. The van der Waals surface area contributed by atoms with Gasteiger partial charge in [0.05, 0.1) is 23.7 Å². The Balaban J connectivity index is 2.27. The fourth-order valence-electron chi connectivity index (χ4n) is 2.10. The Labute approximate surface area is 138 Å². The van der Waals surface area contributed by atoms with Crippen LogP contribution in [0.2, 0.25) is 10.0 Å². The minimum Gasteiger partial charge on any atom is -0.396 e. The number of halogens is 2. The van der Waals surface area contributed by atoms with Crippen LogP contribution in [-0.2, 0) is 11.3 Å². The predicted molar refractivity (Wildman–Crippen MR) is 86.6 cm³/mol. The summed E-state index contributed by atoms with van der Waals surface area (Å²) in [5.41, 5.74) is 6.58. The van der Waals surface area contributed by atoms with Gasteiger partial charge < -0.3 is 15.4 Å². The fraction of sp³-hybridized carbons (Fsp3) is 0.267. The zero-order valence-corrected chi connectivity index (χ0v) is 13.3. The maximum Gasteiger partial charge on any atom is 0.217 e. The molecule has 0 fully saturated rings. The summed E-state index contributed by atoms with van der Waals surface area (Å²) in [6, 6.07) is 5.19. The van der Waals surface area contributed by atoms with Crippen LogP contribution in [0.25, 0.3) is 11.3 Å². The van der Waals surface area contributed by atoms with Crippen molar-refractivity contribution in [3.63, 3.8) is 0 Å². The maximum absolute atomic E-state index is 10.8. The maximum atomic E-state index is 10.8. The highest BCUT2D eigenvalue weighted by molar-refractivity contribution is 6.36. The average Bonchev–Trinajstić information content (AvgIpc) is 2.82. The van der Waals surface area contributed by atoms with Gasteiger partial charge in [-0.2, -0.15) is 0 Å². The molecule has 0 spiro atoms. The van der Waals surface area contributed by atoms with E-state index >= 15 is 0 Å². The van der Waals surface area contributed by atoms with Crippen LogP contribution in [-0.4, -0.2) is 27.2 Å². The van der Waals surface area contributed by atoms with E-state index in [0.29, 0.717) is 40.9 Å². The monoisotopic (exact) mass is 340 g/mol. The lowest BCUT2D eigenvalue weighted by Crippen LogP contribution is -2.12. The topological polar surface area (TPSA) is 81.1 Å². The molecule has 1 heterocycles. The molecular weight excluding hydrogens is 325 g/mol. The number of carbonyl (C=O) groups excluding carboxylic acids is 1. The zero-order valence-electron chi connectivity index (χ0n) is 11.8. The minimum atomic E-state index is -0.339. The molecule has 22 heavy (non-hydrogen) atoms. The van der Waals surface area contributed by atoms with Crippen molar-refractivity contribution in [1.29, 1.82) is 0 Å². The molecule has 0 unspecified atom stereocenters. The number of imidazole rings is 1. The third kappa shape index (κ3) is 4.22. The van der Waals surface area contributed by atoms with E-state index in [-0.39, 0.29) is 12.5 Å². The second-order valence-electron chi connectivity index (χ2n) is 4.76. The number of aliphatic hydroxyl groups is 1. The highest BCUT2D eigenvalue weighted by Crippen LogP contribution is 2.30. The van der Waals surface area contributed by atoms with Gasteiger partial charge in [0, 0.05) is 29.7 Å². The third-order valence-electron chi connectivity index (χ3n) is 3.11. The highest BCUT2D eigenvalue weighted by Gasteiger charge is 2.12. The van der Waals surface area contributed by atoms with Crippen LogP contribution >= 0.6 is 23.2 Å². The van der Waals surface area contributed by atoms with Gasteiger partial charge in [0.2, 0.25) is 5.91 Å². The largest absolute Gasteiger partial charge is 0.396 e. The Morgan fingerprint density at radius 1 is 1.41 bits per heavy atom. The Morgan fingerprint density at radius 3 is 2.82 bits per heavy atom. The first kappa shape index (κ1) is 16.8. The number of amides is 1. The van der Waals surface area contributed by atoms with E-state index in [0.717, 1.165) is 5.56 Å². The summed E-state index contributed by atoms with van der Waals surface area (Å²) in [5.74, 6) is 0.279. The first-order valence-electron chi connectivity index (χ1n) is 6.76. The summed E-state index contributed by atoms with van der Waals surface area (Å²) in [4.78, 5) is 15.3. The van der Waals surface area contributed by atoms with Crippen molar-refractivity contribution < 1.29 is 9.90 Å². The number of primary amides is 1. The molecule has 0 aliphatic carbocycles. The van der Waals surface area contributed by atoms with Gasteiger partial charge in [0.1, 0.15) is 5.82 Å². The molecule has 7 heteroatoms. The highest BCUT2D eigenvalue weighted by atomic mass is 35.5. The molecule has 3 N–H and O–H groups in total. The van der Waals surface area contributed by atoms with Gasteiger partial charge >= 0.3 is 0 Å². The molecule has 0 saturated heterocycles. The van der Waals surface area contributed by atoms with Crippen LogP contribution < -0.4 is 5.73 Å². The van der Waals surface area contributed by atoms with Crippen molar-refractivity contribution in [2.24, 2.45) is 5.73 Å². The summed E-state index contributed by atoms with van der Waals surface area (Å²) in [5, 5.41) is 10.2. The SMILES string of the molecule is NC(=O)CCCn1cc(-c2ccc(Cl)cc2Cl)nc1[CH]CO. The van der Waals surface area contributed by atoms with Crippen LogP contribution in [0.15, 0.2) is 24.4 Å². The number of hydrogen-bond donors (Lipinski definition) is 2. The van der Waals surface area contributed by atoms with E-state index < -0.39 is 0 Å². The molecule has 2 rings (SSSR count). The Kier molecular flexibility index (Phi) is 5.83. The van der Waals surface area contributed by atoms with Crippen LogP contribution in [0.5, 0.6) is 0 Å². The van der Waals surface area contributed by atoms with Gasteiger partial charge in [-0.3, -0.25) is 4.79 Å². The van der Waals surface area contributed by atoms with Crippen molar-refractivity contribution >= 4 is 29.1 Å². The summed E-state index contributed by atoms with van der Waals surface area (Å²) < 4.78 is 1.86. The van der Waals surface area contributed by atoms with Crippen molar-refractivity contribution in [1.82, 2.24) is 9.55 Å². The number of hydrogen-bond acceptors (Lipinski definition) is 3. The van der Waals surface area contributed by atoms with Crippen LogP contribution in [0.4, 0.5) is 0 Å². The Bertz CT molecular complexity index is 671. The van der Waals surface area contributed by atoms with Crippen LogP contribution in [0, 0.1) is 6.42 Å². The van der Waals surface area contributed by atoms with Crippen molar-refractivity contribution in [2.45, 2.75) is 19.4 Å². The molecule has 1 aromatic heterocycles. The van der Waals surface area contributed by atoms with E-state index in [1.807, 2.05) is 10.8 Å². The van der Waals surface area contributed by atoms with Gasteiger partial charge in [-0.25, -0.2) is 4.98 Å². The first-order valence-corrected chi connectivity index (χ1v) is 7.52. The molecule has 5 nitrogen and oxygen atoms in total. The normalized spacial score (nSPS) is 10.9. The Hall–Kier alpha value is -1.56. The summed E-state index contributed by atoms with van der Waals surface area (Å²) >= 11 is 12.1. The van der Waals surface area contributed by atoms with Crippen LogP contribution in [0.1, 0.15) is 18.7 Å². The first-order chi connectivity index (χ1) is 10.5. The van der Waals surface area contributed by atoms with Gasteiger partial charge in [-0.05, 0) is 24.6 Å². The van der Waals surface area contributed by atoms with E-state index in [1.54, 1.807) is 24.6 Å². The number of benzene rings is 1. The second-order valence-corrected chi connectivity index (χ2v) is 5.60. The summed E-state index contributed by atoms with van der Waals surface area (Å²) in [6.07, 6.45) is 4.33. The smallest absolute Gasteiger partial charge is 0.217 e. The van der Waals surface area contributed by atoms with Gasteiger partial charge in [-0.1, -0.05) is 23.2 Å². The molecule has 1 amide bonds. The number of carbonyl (C=O) groups is 1. The fourth-order valence-corrected chi connectivity index (χ4v) is 2.61. The predicted octanol–water partition coefficient (Wildman–Crippen LogP) is 2.67. The molecule has 1 aromatic carbocycles. The van der Waals surface area contributed by atoms with E-state index in [9.17, 15) is 4.79 Å². The molecule has 0 atom stereocenters. The number of aryl methyl sites for hydroxylation is 1. The Morgan fingerprint density at radius 2 is 2.18 bits per heavy atom. The molecule has 1 radical (unpaired) electrons. The molecule has 2 aromatic rings.